The van der Waals surface area contributed by atoms with Gasteiger partial charge in [-0.1, -0.05) is 78.9 Å². The van der Waals surface area contributed by atoms with Gasteiger partial charge < -0.3 is 18.9 Å². The van der Waals surface area contributed by atoms with E-state index in [4.69, 9.17) is 0 Å². The third kappa shape index (κ3) is 10.6. The number of methoxy groups -OCH3 is 4. The maximum atomic E-state index is 11.7. The van der Waals surface area contributed by atoms with E-state index >= 15 is 0 Å². The highest BCUT2D eigenvalue weighted by Crippen LogP contribution is 2.28. The molecule has 0 aliphatic heterocycles. The number of carbonyl (C=O) groups is 4. The van der Waals surface area contributed by atoms with Gasteiger partial charge in [0.05, 0.1) is 28.4 Å². The normalized spacial score (nSPS) is 10.9. The predicted molar refractivity (Wildman–Crippen MR) is 140 cm³/mol. The van der Waals surface area contributed by atoms with E-state index in [0.717, 1.165) is 11.1 Å². The standard InChI is InChI=1S/2C14H16O4.B/c1-17-13(15)12(14(16)18-2)10-6-9-11-7-4-3-5-8-11;1-4-11(10-8-6-5-7-9-10)12(13(15)17-2)14(16)18-3;/h3-9,12H,10H2,1-2H3;4-9,11-12H,1H2,2-3H3;/b9-6+;;. The number of rotatable bonds is 10. The van der Waals surface area contributed by atoms with E-state index in [1.54, 1.807) is 12.2 Å². The molecule has 0 spiro atoms. The predicted octanol–water partition coefficient (Wildman–Crippen LogP) is 3.59. The summed E-state index contributed by atoms with van der Waals surface area (Å²) in [5.41, 5.74) is 1.82. The third-order valence-corrected chi connectivity index (χ3v) is 5.16. The van der Waals surface area contributed by atoms with Gasteiger partial charge in [0.15, 0.2) is 11.8 Å². The number of benzene rings is 2. The molecule has 2 aromatic carbocycles. The van der Waals surface area contributed by atoms with Gasteiger partial charge in [0.2, 0.25) is 0 Å². The SMILES string of the molecule is C=CC(c1ccccc1)C(C(=O)OC)C(=O)OC.COC(=O)C(C/C=C/c1ccccc1)C(=O)OC.[B]. The molecule has 3 radical (unpaired) electrons. The van der Waals surface area contributed by atoms with Gasteiger partial charge in [-0.25, -0.2) is 0 Å². The molecule has 8 nitrogen and oxygen atoms in total. The fourth-order valence-electron chi connectivity index (χ4n) is 3.26. The second-order valence-corrected chi connectivity index (χ2v) is 7.34. The first-order chi connectivity index (χ1) is 17.3. The van der Waals surface area contributed by atoms with Crippen LogP contribution in [0.25, 0.3) is 6.08 Å². The number of esters is 4. The summed E-state index contributed by atoms with van der Waals surface area (Å²) in [6.45, 7) is 3.68. The second-order valence-electron chi connectivity index (χ2n) is 7.34. The highest BCUT2D eigenvalue weighted by molar-refractivity contribution is 5.96. The van der Waals surface area contributed by atoms with Crippen LogP contribution in [-0.2, 0) is 38.1 Å². The highest BCUT2D eigenvalue weighted by Gasteiger charge is 2.36. The minimum Gasteiger partial charge on any atom is -0.468 e. The Labute approximate surface area is 219 Å². The maximum absolute atomic E-state index is 11.7. The van der Waals surface area contributed by atoms with Crippen molar-refractivity contribution in [2.75, 3.05) is 28.4 Å². The number of hydrogen-bond donors (Lipinski definition) is 0. The van der Waals surface area contributed by atoms with Crippen molar-refractivity contribution in [1.82, 2.24) is 0 Å². The summed E-state index contributed by atoms with van der Waals surface area (Å²) >= 11 is 0. The van der Waals surface area contributed by atoms with Gasteiger partial charge in [0, 0.05) is 14.3 Å². The lowest BCUT2D eigenvalue weighted by Crippen LogP contribution is -2.31. The zero-order valence-corrected chi connectivity index (χ0v) is 21.5. The van der Waals surface area contributed by atoms with Gasteiger partial charge in [-0.05, 0) is 17.5 Å². The van der Waals surface area contributed by atoms with Crippen LogP contribution >= 0.6 is 0 Å². The lowest BCUT2D eigenvalue weighted by atomic mass is 9.86. The average molecular weight is 507 g/mol. The molecule has 2 aromatic rings. The summed E-state index contributed by atoms with van der Waals surface area (Å²) in [7, 11) is 4.98. The van der Waals surface area contributed by atoms with Crippen LogP contribution in [0.2, 0.25) is 0 Å². The third-order valence-electron chi connectivity index (χ3n) is 5.16. The molecule has 9 heteroatoms. The molecule has 0 saturated carbocycles. The summed E-state index contributed by atoms with van der Waals surface area (Å²) in [4.78, 5) is 46.2. The highest BCUT2D eigenvalue weighted by atomic mass is 16.5. The van der Waals surface area contributed by atoms with Crippen molar-refractivity contribution in [2.45, 2.75) is 12.3 Å². The maximum Gasteiger partial charge on any atom is 0.321 e. The molecule has 37 heavy (non-hydrogen) atoms. The Balaban J connectivity index is 0.000000682. The summed E-state index contributed by atoms with van der Waals surface area (Å²) in [5, 5.41) is 0. The van der Waals surface area contributed by atoms with Crippen molar-refractivity contribution in [2.24, 2.45) is 11.8 Å². The molecule has 0 bridgehead atoms. The molecule has 0 aromatic heterocycles. The fraction of sp³-hybridized carbons (Fsp3) is 0.286. The van der Waals surface area contributed by atoms with Gasteiger partial charge in [-0.3, -0.25) is 19.2 Å². The lowest BCUT2D eigenvalue weighted by Gasteiger charge is -2.20. The molecule has 0 saturated heterocycles. The van der Waals surface area contributed by atoms with Crippen LogP contribution in [0.15, 0.2) is 79.4 Å². The Hall–Kier alpha value is -4.14. The molecule has 0 fully saturated rings. The molecular formula is C28H32BO8. The van der Waals surface area contributed by atoms with E-state index in [1.165, 1.54) is 28.4 Å². The summed E-state index contributed by atoms with van der Waals surface area (Å²) in [6, 6.07) is 18.8. The van der Waals surface area contributed by atoms with Crippen LogP contribution in [0.1, 0.15) is 23.5 Å². The van der Waals surface area contributed by atoms with Gasteiger partial charge >= 0.3 is 23.9 Å². The molecule has 0 aliphatic carbocycles. The van der Waals surface area contributed by atoms with Crippen molar-refractivity contribution in [1.29, 1.82) is 0 Å². The van der Waals surface area contributed by atoms with Crippen molar-refractivity contribution in [3.05, 3.63) is 90.5 Å². The molecule has 2 rings (SSSR count). The van der Waals surface area contributed by atoms with E-state index in [0.29, 0.717) is 0 Å². The van der Waals surface area contributed by atoms with Crippen molar-refractivity contribution >= 4 is 38.4 Å². The quantitative estimate of drug-likeness (QED) is 0.158. The molecule has 195 valence electrons. The van der Waals surface area contributed by atoms with Crippen LogP contribution in [0, 0.1) is 11.8 Å². The first-order valence-electron chi connectivity index (χ1n) is 11.0. The zero-order chi connectivity index (χ0) is 26.9. The van der Waals surface area contributed by atoms with Crippen LogP contribution in [0.4, 0.5) is 0 Å². The number of hydrogen-bond acceptors (Lipinski definition) is 8. The Morgan fingerprint density at radius 1 is 0.730 bits per heavy atom. The molecule has 0 aliphatic rings. The summed E-state index contributed by atoms with van der Waals surface area (Å²) in [6.07, 6.45) is 5.41. The minimum atomic E-state index is -1.03. The van der Waals surface area contributed by atoms with E-state index < -0.39 is 41.6 Å². The van der Waals surface area contributed by atoms with E-state index in [-0.39, 0.29) is 14.8 Å². The van der Waals surface area contributed by atoms with Crippen molar-refractivity contribution < 1.29 is 38.1 Å². The summed E-state index contributed by atoms with van der Waals surface area (Å²) in [5.74, 6) is -4.82. The average Bonchev–Trinajstić information content (AvgIpc) is 2.93. The number of allylic oxidation sites excluding steroid dienone is 2. The first kappa shape index (κ1) is 32.9. The van der Waals surface area contributed by atoms with Crippen LogP contribution in [0.3, 0.4) is 0 Å². The van der Waals surface area contributed by atoms with Gasteiger partial charge in [-0.15, -0.1) is 6.58 Å². The molecule has 0 heterocycles. The smallest absolute Gasteiger partial charge is 0.321 e. The van der Waals surface area contributed by atoms with E-state index in [9.17, 15) is 19.2 Å². The molecule has 0 amide bonds. The molecule has 1 unspecified atom stereocenters. The Morgan fingerprint density at radius 3 is 1.57 bits per heavy atom. The van der Waals surface area contributed by atoms with Crippen molar-refractivity contribution in [3.8, 4) is 0 Å². The Bertz CT molecular complexity index is 989. The van der Waals surface area contributed by atoms with E-state index in [1.807, 2.05) is 66.7 Å². The molecular weight excluding hydrogens is 475 g/mol. The minimum absolute atomic E-state index is 0. The Morgan fingerprint density at radius 2 is 1.16 bits per heavy atom. The first-order valence-corrected chi connectivity index (χ1v) is 11.0. The van der Waals surface area contributed by atoms with Crippen molar-refractivity contribution in [3.63, 3.8) is 0 Å². The molecule has 0 N–H and O–H groups in total. The van der Waals surface area contributed by atoms with Crippen LogP contribution in [0.5, 0.6) is 0 Å². The lowest BCUT2D eigenvalue weighted by molar-refractivity contribution is -0.160. The second kappa shape index (κ2) is 18.2. The topological polar surface area (TPSA) is 105 Å². The zero-order valence-electron chi connectivity index (χ0n) is 21.5. The Kier molecular flexibility index (Phi) is 16.1. The summed E-state index contributed by atoms with van der Waals surface area (Å²) < 4.78 is 18.4. The van der Waals surface area contributed by atoms with Crippen LogP contribution in [-0.4, -0.2) is 60.7 Å². The number of carbonyl (C=O) groups excluding carboxylic acids is 4. The van der Waals surface area contributed by atoms with Gasteiger partial charge in [0.25, 0.3) is 0 Å². The largest absolute Gasteiger partial charge is 0.468 e. The number of ether oxygens (including phenoxy) is 4. The van der Waals surface area contributed by atoms with E-state index in [2.05, 4.69) is 25.5 Å². The molecule has 1 atom stereocenters. The van der Waals surface area contributed by atoms with Gasteiger partial charge in [-0.2, -0.15) is 0 Å². The van der Waals surface area contributed by atoms with Gasteiger partial charge in [0.1, 0.15) is 0 Å². The van der Waals surface area contributed by atoms with Crippen LogP contribution < -0.4 is 0 Å². The fourth-order valence-corrected chi connectivity index (χ4v) is 3.26. The monoisotopic (exact) mass is 507 g/mol.